The Morgan fingerprint density at radius 3 is 2.62 bits per heavy atom. The molecular formula is C15H13F3N2S. The molecule has 0 amide bonds. The molecule has 1 unspecified atom stereocenters. The van der Waals surface area contributed by atoms with E-state index in [1.165, 1.54) is 12.1 Å². The van der Waals surface area contributed by atoms with Crippen LogP contribution in [0.2, 0.25) is 0 Å². The zero-order chi connectivity index (χ0) is 15.5. The van der Waals surface area contributed by atoms with E-state index < -0.39 is 11.7 Å². The third-order valence-electron chi connectivity index (χ3n) is 3.08. The van der Waals surface area contributed by atoms with Crippen molar-refractivity contribution < 1.29 is 13.2 Å². The van der Waals surface area contributed by atoms with E-state index in [0.717, 1.165) is 17.4 Å². The highest BCUT2D eigenvalue weighted by Gasteiger charge is 2.34. The van der Waals surface area contributed by atoms with Crippen LogP contribution in [-0.2, 0) is 6.18 Å². The van der Waals surface area contributed by atoms with E-state index in [9.17, 15) is 13.2 Å². The van der Waals surface area contributed by atoms with Gasteiger partial charge in [0, 0.05) is 10.6 Å². The van der Waals surface area contributed by atoms with Gasteiger partial charge in [-0.1, -0.05) is 13.0 Å². The van der Waals surface area contributed by atoms with E-state index in [1.807, 2.05) is 24.4 Å². The van der Waals surface area contributed by atoms with Crippen LogP contribution in [0.1, 0.15) is 35.4 Å². The highest BCUT2D eigenvalue weighted by molar-refractivity contribution is 7.10. The van der Waals surface area contributed by atoms with Gasteiger partial charge in [0.2, 0.25) is 0 Å². The largest absolute Gasteiger partial charge is 0.417 e. The number of alkyl halides is 3. The number of nitrogens with one attached hydrogen (secondary N) is 1. The Kier molecular flexibility index (Phi) is 4.53. The molecule has 0 bridgehead atoms. The summed E-state index contributed by atoms with van der Waals surface area (Å²) in [7, 11) is 0. The molecule has 0 aliphatic rings. The van der Waals surface area contributed by atoms with E-state index in [0.29, 0.717) is 5.69 Å². The molecule has 1 aromatic carbocycles. The van der Waals surface area contributed by atoms with Crippen molar-refractivity contribution in [2.24, 2.45) is 0 Å². The van der Waals surface area contributed by atoms with Gasteiger partial charge in [-0.25, -0.2) is 0 Å². The van der Waals surface area contributed by atoms with Crippen LogP contribution >= 0.6 is 11.3 Å². The predicted molar refractivity (Wildman–Crippen MR) is 77.1 cm³/mol. The second-order valence-corrected chi connectivity index (χ2v) is 5.47. The Hall–Kier alpha value is -2.00. The molecule has 0 radical (unpaired) electrons. The van der Waals surface area contributed by atoms with Crippen LogP contribution < -0.4 is 5.32 Å². The first-order valence-electron chi connectivity index (χ1n) is 6.37. The van der Waals surface area contributed by atoms with Crippen LogP contribution in [0.15, 0.2) is 35.7 Å². The zero-order valence-corrected chi connectivity index (χ0v) is 12.1. The third kappa shape index (κ3) is 3.56. The van der Waals surface area contributed by atoms with Gasteiger partial charge in [0.15, 0.2) is 0 Å². The van der Waals surface area contributed by atoms with Gasteiger partial charge in [-0.2, -0.15) is 18.4 Å². The fourth-order valence-electron chi connectivity index (χ4n) is 2.03. The van der Waals surface area contributed by atoms with Crippen molar-refractivity contribution in [1.82, 2.24) is 0 Å². The van der Waals surface area contributed by atoms with Crippen molar-refractivity contribution in [3.05, 3.63) is 51.7 Å². The van der Waals surface area contributed by atoms with Crippen LogP contribution in [0.3, 0.4) is 0 Å². The molecular weight excluding hydrogens is 297 g/mol. The molecule has 2 aromatic rings. The Morgan fingerprint density at radius 1 is 1.33 bits per heavy atom. The topological polar surface area (TPSA) is 35.8 Å². The second-order valence-electron chi connectivity index (χ2n) is 4.49. The standard InChI is InChI=1S/C15H13F3N2S/c1-2-13(14-4-3-7-21-14)20-11-6-5-10(9-19)12(8-11)15(16,17)18/h3-8,13,20H,2H2,1H3. The minimum atomic E-state index is -4.53. The molecule has 0 aliphatic carbocycles. The normalized spacial score (nSPS) is 12.7. The van der Waals surface area contributed by atoms with E-state index in [4.69, 9.17) is 5.26 Å². The molecule has 0 fully saturated rings. The summed E-state index contributed by atoms with van der Waals surface area (Å²) in [5.74, 6) is 0. The SMILES string of the molecule is CCC(Nc1ccc(C#N)c(C(F)(F)F)c1)c1cccs1. The molecule has 1 N–H and O–H groups in total. The first kappa shape index (κ1) is 15.4. The average molecular weight is 310 g/mol. The summed E-state index contributed by atoms with van der Waals surface area (Å²) in [6.07, 6.45) is -3.78. The quantitative estimate of drug-likeness (QED) is 0.842. The number of halogens is 3. The first-order chi connectivity index (χ1) is 9.95. The number of nitriles is 1. The van der Waals surface area contributed by atoms with Crippen molar-refractivity contribution in [1.29, 1.82) is 5.26 Å². The Labute approximate surface area is 124 Å². The van der Waals surface area contributed by atoms with Gasteiger partial charge >= 0.3 is 6.18 Å². The fourth-order valence-corrected chi connectivity index (χ4v) is 2.89. The zero-order valence-electron chi connectivity index (χ0n) is 11.2. The minimum Gasteiger partial charge on any atom is -0.377 e. The van der Waals surface area contributed by atoms with Crippen LogP contribution in [0.4, 0.5) is 18.9 Å². The number of hydrogen-bond acceptors (Lipinski definition) is 3. The van der Waals surface area contributed by atoms with Gasteiger partial charge < -0.3 is 5.32 Å². The molecule has 21 heavy (non-hydrogen) atoms. The maximum atomic E-state index is 12.9. The van der Waals surface area contributed by atoms with Gasteiger partial charge in [0.25, 0.3) is 0 Å². The molecule has 1 heterocycles. The molecule has 2 nitrogen and oxygen atoms in total. The molecule has 0 spiro atoms. The Balaban J connectivity index is 2.31. The van der Waals surface area contributed by atoms with Crippen molar-refractivity contribution in [3.63, 3.8) is 0 Å². The first-order valence-corrected chi connectivity index (χ1v) is 7.25. The molecule has 6 heteroatoms. The summed E-state index contributed by atoms with van der Waals surface area (Å²) < 4.78 is 38.8. The maximum Gasteiger partial charge on any atom is 0.417 e. The number of hydrogen-bond donors (Lipinski definition) is 1. The maximum absolute atomic E-state index is 12.9. The minimum absolute atomic E-state index is 0.0426. The Bertz CT molecular complexity index is 642. The number of anilines is 1. The molecule has 1 aromatic heterocycles. The third-order valence-corrected chi connectivity index (χ3v) is 4.07. The van der Waals surface area contributed by atoms with Crippen molar-refractivity contribution >= 4 is 17.0 Å². The van der Waals surface area contributed by atoms with E-state index in [1.54, 1.807) is 17.4 Å². The number of rotatable bonds is 4. The lowest BCUT2D eigenvalue weighted by molar-refractivity contribution is -0.137. The van der Waals surface area contributed by atoms with Crippen LogP contribution in [0, 0.1) is 11.3 Å². The smallest absolute Gasteiger partial charge is 0.377 e. The molecule has 0 aliphatic heterocycles. The van der Waals surface area contributed by atoms with E-state index in [2.05, 4.69) is 5.32 Å². The van der Waals surface area contributed by atoms with Gasteiger partial charge in [0.05, 0.1) is 23.2 Å². The summed E-state index contributed by atoms with van der Waals surface area (Å²) in [6, 6.07) is 9.09. The highest BCUT2D eigenvalue weighted by atomic mass is 32.1. The lowest BCUT2D eigenvalue weighted by atomic mass is 10.1. The molecule has 1 atom stereocenters. The lowest BCUT2D eigenvalue weighted by Crippen LogP contribution is -2.11. The van der Waals surface area contributed by atoms with Crippen molar-refractivity contribution in [3.8, 4) is 6.07 Å². The number of benzene rings is 1. The molecule has 2 rings (SSSR count). The summed E-state index contributed by atoms with van der Waals surface area (Å²) in [6.45, 7) is 1.96. The summed E-state index contributed by atoms with van der Waals surface area (Å²) in [5, 5.41) is 13.8. The monoisotopic (exact) mass is 310 g/mol. The van der Waals surface area contributed by atoms with Crippen LogP contribution in [-0.4, -0.2) is 0 Å². The summed E-state index contributed by atoms with van der Waals surface area (Å²) in [4.78, 5) is 1.07. The van der Waals surface area contributed by atoms with Gasteiger partial charge in [0.1, 0.15) is 0 Å². The molecule has 0 saturated carbocycles. The van der Waals surface area contributed by atoms with E-state index in [-0.39, 0.29) is 11.6 Å². The number of thiophene rings is 1. The Morgan fingerprint density at radius 2 is 2.10 bits per heavy atom. The van der Waals surface area contributed by atoms with Crippen LogP contribution in [0.5, 0.6) is 0 Å². The summed E-state index contributed by atoms with van der Waals surface area (Å²) in [5.41, 5.74) is -0.908. The van der Waals surface area contributed by atoms with Crippen molar-refractivity contribution in [2.75, 3.05) is 5.32 Å². The fraction of sp³-hybridized carbons (Fsp3) is 0.267. The van der Waals surface area contributed by atoms with Gasteiger partial charge in [-0.3, -0.25) is 0 Å². The molecule has 110 valence electrons. The number of nitrogens with zero attached hydrogens (tertiary/aromatic N) is 1. The highest BCUT2D eigenvalue weighted by Crippen LogP contribution is 2.35. The van der Waals surface area contributed by atoms with Crippen molar-refractivity contribution in [2.45, 2.75) is 25.6 Å². The second kappa shape index (κ2) is 6.19. The van der Waals surface area contributed by atoms with E-state index >= 15 is 0 Å². The molecule has 0 saturated heterocycles. The summed E-state index contributed by atoms with van der Waals surface area (Å²) >= 11 is 1.56. The van der Waals surface area contributed by atoms with Gasteiger partial charge in [-0.05, 0) is 36.1 Å². The predicted octanol–water partition coefficient (Wildman–Crippen LogP) is 5.20. The van der Waals surface area contributed by atoms with Gasteiger partial charge in [-0.15, -0.1) is 11.3 Å². The van der Waals surface area contributed by atoms with Crippen LogP contribution in [0.25, 0.3) is 0 Å². The lowest BCUT2D eigenvalue weighted by Gasteiger charge is -2.18. The average Bonchev–Trinajstić information content (AvgIpc) is 2.97.